The maximum absolute atomic E-state index is 2.49. The molecule has 2 heterocycles. The van der Waals surface area contributed by atoms with E-state index in [-0.39, 0.29) is 0 Å². The third kappa shape index (κ3) is 2.55. The molecule has 2 fully saturated rings. The lowest BCUT2D eigenvalue weighted by molar-refractivity contribution is 0.581. The van der Waals surface area contributed by atoms with Gasteiger partial charge in [0.2, 0.25) is 0 Å². The Labute approximate surface area is 82.7 Å². The maximum Gasteiger partial charge on any atom is 0.00981 e. The lowest BCUT2D eigenvalue weighted by Gasteiger charge is -2.17. The molecule has 0 radical (unpaired) electrons. The van der Waals surface area contributed by atoms with Gasteiger partial charge in [0, 0.05) is 48.1 Å². The summed E-state index contributed by atoms with van der Waals surface area (Å²) < 4.78 is 4.98. The van der Waals surface area contributed by atoms with Crippen molar-refractivity contribution in [1.82, 2.24) is 8.61 Å². The molecule has 0 aromatic rings. The first-order chi connectivity index (χ1) is 5.95. The molecule has 0 spiro atoms. The second-order valence-corrected chi connectivity index (χ2v) is 5.65. The highest BCUT2D eigenvalue weighted by Crippen LogP contribution is 2.34. The van der Waals surface area contributed by atoms with Gasteiger partial charge in [0.15, 0.2) is 0 Å². The third-order valence-electron chi connectivity index (χ3n) is 2.37. The minimum absolute atomic E-state index is 1.30. The average molecular weight is 204 g/mol. The van der Waals surface area contributed by atoms with Crippen molar-refractivity contribution in [1.29, 1.82) is 0 Å². The van der Waals surface area contributed by atoms with Crippen molar-refractivity contribution in [2.24, 2.45) is 0 Å². The molecule has 2 rings (SSSR count). The maximum atomic E-state index is 2.49. The van der Waals surface area contributed by atoms with E-state index in [1.165, 1.54) is 51.9 Å². The Kier molecular flexibility index (Phi) is 3.63. The molecule has 0 bridgehead atoms. The van der Waals surface area contributed by atoms with Crippen LogP contribution in [0.15, 0.2) is 0 Å². The van der Waals surface area contributed by atoms with E-state index in [1.807, 2.05) is 22.0 Å². The molecule has 0 aromatic carbocycles. The second kappa shape index (κ2) is 4.74. The normalized spacial score (nSPS) is 27.0. The van der Waals surface area contributed by atoms with Crippen LogP contribution in [0.3, 0.4) is 0 Å². The summed E-state index contributed by atoms with van der Waals surface area (Å²) in [5.41, 5.74) is 0. The van der Waals surface area contributed by atoms with Crippen LogP contribution in [0.4, 0.5) is 0 Å². The van der Waals surface area contributed by atoms with E-state index in [0.717, 1.165) is 0 Å². The minimum Gasteiger partial charge on any atom is -0.240 e. The Hall–Kier alpha value is 0.620. The van der Waals surface area contributed by atoms with Gasteiger partial charge >= 0.3 is 0 Å². The largest absolute Gasteiger partial charge is 0.240 e. The molecule has 4 heteroatoms. The lowest BCUT2D eigenvalue weighted by Crippen LogP contribution is -2.12. The van der Waals surface area contributed by atoms with E-state index < -0.39 is 0 Å². The molecule has 0 atom stereocenters. The minimum atomic E-state index is 1.30. The summed E-state index contributed by atoms with van der Waals surface area (Å²) in [4.78, 5) is 0. The van der Waals surface area contributed by atoms with E-state index >= 15 is 0 Å². The zero-order valence-electron chi connectivity index (χ0n) is 7.37. The molecule has 2 aliphatic heterocycles. The zero-order chi connectivity index (χ0) is 8.23. The highest BCUT2D eigenvalue weighted by molar-refractivity contribution is 8.74. The quantitative estimate of drug-likeness (QED) is 0.514. The molecule has 0 saturated carbocycles. The highest BCUT2D eigenvalue weighted by Gasteiger charge is 2.17. The molecule has 12 heavy (non-hydrogen) atoms. The fourth-order valence-corrected chi connectivity index (χ4v) is 4.08. The fraction of sp³-hybridized carbons (Fsp3) is 1.00. The summed E-state index contributed by atoms with van der Waals surface area (Å²) in [6.45, 7) is 5.19. The molecule has 2 aliphatic rings. The topological polar surface area (TPSA) is 6.48 Å². The van der Waals surface area contributed by atoms with Crippen LogP contribution in [0.2, 0.25) is 0 Å². The van der Waals surface area contributed by atoms with Crippen molar-refractivity contribution in [2.75, 3.05) is 26.2 Å². The van der Waals surface area contributed by atoms with Crippen molar-refractivity contribution in [3.05, 3.63) is 0 Å². The van der Waals surface area contributed by atoms with Crippen LogP contribution in [0, 0.1) is 0 Å². The molecule has 2 saturated heterocycles. The third-order valence-corrected chi connectivity index (χ3v) is 5.06. The molecule has 0 amide bonds. The SMILES string of the molecule is C1CCN(SSN2CCCC2)C1. The van der Waals surface area contributed by atoms with Crippen LogP contribution in [0.25, 0.3) is 0 Å². The summed E-state index contributed by atoms with van der Waals surface area (Å²) in [6, 6.07) is 0. The summed E-state index contributed by atoms with van der Waals surface area (Å²) in [5, 5.41) is 0. The highest BCUT2D eigenvalue weighted by atomic mass is 33.1. The Morgan fingerprint density at radius 3 is 1.25 bits per heavy atom. The van der Waals surface area contributed by atoms with E-state index in [1.54, 1.807) is 0 Å². The van der Waals surface area contributed by atoms with Gasteiger partial charge in [0.05, 0.1) is 0 Å². The monoisotopic (exact) mass is 204 g/mol. The van der Waals surface area contributed by atoms with Gasteiger partial charge < -0.3 is 0 Å². The van der Waals surface area contributed by atoms with Gasteiger partial charge in [-0.1, -0.05) is 0 Å². The lowest BCUT2D eigenvalue weighted by atomic mass is 10.4. The first-order valence-corrected chi connectivity index (χ1v) is 6.86. The fourth-order valence-electron chi connectivity index (χ4n) is 1.62. The number of rotatable bonds is 3. The molecular weight excluding hydrogens is 188 g/mol. The average Bonchev–Trinajstić information content (AvgIpc) is 2.74. The van der Waals surface area contributed by atoms with Gasteiger partial charge in [-0.05, 0) is 25.7 Å². The van der Waals surface area contributed by atoms with E-state index in [2.05, 4.69) is 8.61 Å². The van der Waals surface area contributed by atoms with Gasteiger partial charge in [-0.15, -0.1) is 0 Å². The van der Waals surface area contributed by atoms with Crippen LogP contribution in [-0.4, -0.2) is 34.8 Å². The first kappa shape index (κ1) is 9.19. The van der Waals surface area contributed by atoms with Gasteiger partial charge in [-0.25, -0.2) is 8.61 Å². The van der Waals surface area contributed by atoms with Gasteiger partial charge in [-0.3, -0.25) is 0 Å². The molecule has 0 aromatic heterocycles. The van der Waals surface area contributed by atoms with E-state index in [4.69, 9.17) is 0 Å². The van der Waals surface area contributed by atoms with Crippen molar-refractivity contribution in [3.8, 4) is 0 Å². The Morgan fingerprint density at radius 2 is 0.917 bits per heavy atom. The van der Waals surface area contributed by atoms with E-state index in [0.29, 0.717) is 0 Å². The van der Waals surface area contributed by atoms with Crippen molar-refractivity contribution in [3.63, 3.8) is 0 Å². The van der Waals surface area contributed by atoms with Crippen LogP contribution in [0.1, 0.15) is 25.7 Å². The Morgan fingerprint density at radius 1 is 0.583 bits per heavy atom. The second-order valence-electron chi connectivity index (χ2n) is 3.42. The van der Waals surface area contributed by atoms with Crippen molar-refractivity contribution < 1.29 is 0 Å². The van der Waals surface area contributed by atoms with Gasteiger partial charge in [0.1, 0.15) is 0 Å². The van der Waals surface area contributed by atoms with Gasteiger partial charge in [-0.2, -0.15) is 0 Å². The molecule has 0 unspecified atom stereocenters. The number of hydrogen-bond donors (Lipinski definition) is 0. The summed E-state index contributed by atoms with van der Waals surface area (Å²) in [7, 11) is 3.91. The van der Waals surface area contributed by atoms with Crippen LogP contribution in [0.5, 0.6) is 0 Å². The molecule has 70 valence electrons. The van der Waals surface area contributed by atoms with Crippen LogP contribution >= 0.6 is 22.0 Å². The Bertz CT molecular complexity index is 115. The van der Waals surface area contributed by atoms with Crippen LogP contribution < -0.4 is 0 Å². The van der Waals surface area contributed by atoms with Gasteiger partial charge in [0.25, 0.3) is 0 Å². The summed E-state index contributed by atoms with van der Waals surface area (Å²) >= 11 is 0. The van der Waals surface area contributed by atoms with E-state index in [9.17, 15) is 0 Å². The van der Waals surface area contributed by atoms with Crippen molar-refractivity contribution >= 4 is 22.0 Å². The van der Waals surface area contributed by atoms with Crippen LogP contribution in [-0.2, 0) is 0 Å². The number of hydrogen-bond acceptors (Lipinski definition) is 4. The first-order valence-electron chi connectivity index (χ1n) is 4.80. The molecule has 0 N–H and O–H groups in total. The molecule has 2 nitrogen and oxygen atoms in total. The Balaban J connectivity index is 1.60. The summed E-state index contributed by atoms with van der Waals surface area (Å²) in [5.74, 6) is 0. The molecule has 0 aliphatic carbocycles. The predicted octanol–water partition coefficient (Wildman–Crippen LogP) is 2.39. The smallest absolute Gasteiger partial charge is 0.00981 e. The molecular formula is C8H16N2S2. The standard InChI is InChI=1S/C8H16N2S2/c1-2-6-9(5-1)11-12-10-7-3-4-8-10/h1-8H2. The summed E-state index contributed by atoms with van der Waals surface area (Å²) in [6.07, 6.45) is 5.59. The van der Waals surface area contributed by atoms with Crippen molar-refractivity contribution in [2.45, 2.75) is 25.7 Å². The zero-order valence-corrected chi connectivity index (χ0v) is 9.00. The number of nitrogens with zero attached hydrogens (tertiary/aromatic N) is 2. The predicted molar refractivity (Wildman–Crippen MR) is 56.8 cm³/mol.